The zero-order valence-corrected chi connectivity index (χ0v) is 18.0. The molecule has 0 aliphatic heterocycles. The SMILES string of the molecule is CC[C@H](Oc1cc(C)ccc1C)C(=O)N[C@H](CC)c1ccc(S(C)(=O)=O)cc1. The minimum Gasteiger partial charge on any atom is -0.480 e. The van der Waals surface area contributed by atoms with Crippen LogP contribution >= 0.6 is 0 Å². The summed E-state index contributed by atoms with van der Waals surface area (Å²) in [5, 5.41) is 3.03. The van der Waals surface area contributed by atoms with Crippen LogP contribution in [-0.4, -0.2) is 26.7 Å². The molecular weight excluding hydrogens is 374 g/mol. The number of hydrogen-bond acceptors (Lipinski definition) is 4. The Kier molecular flexibility index (Phi) is 7.24. The largest absolute Gasteiger partial charge is 0.480 e. The summed E-state index contributed by atoms with van der Waals surface area (Å²) in [5.41, 5.74) is 2.93. The molecule has 28 heavy (non-hydrogen) atoms. The number of aryl methyl sites for hydroxylation is 2. The molecule has 0 radical (unpaired) electrons. The van der Waals surface area contributed by atoms with Gasteiger partial charge in [0.05, 0.1) is 10.9 Å². The summed E-state index contributed by atoms with van der Waals surface area (Å²) in [6, 6.07) is 12.4. The van der Waals surface area contributed by atoms with Crippen LogP contribution < -0.4 is 10.1 Å². The van der Waals surface area contributed by atoms with Gasteiger partial charge in [-0.05, 0) is 61.6 Å². The van der Waals surface area contributed by atoms with Gasteiger partial charge < -0.3 is 10.1 Å². The lowest BCUT2D eigenvalue weighted by Gasteiger charge is -2.23. The van der Waals surface area contributed by atoms with Gasteiger partial charge in [0, 0.05) is 6.26 Å². The van der Waals surface area contributed by atoms with Crippen LogP contribution in [0.2, 0.25) is 0 Å². The van der Waals surface area contributed by atoms with E-state index in [1.165, 1.54) is 6.26 Å². The fraction of sp³-hybridized carbons (Fsp3) is 0.409. The van der Waals surface area contributed by atoms with Crippen molar-refractivity contribution in [3.8, 4) is 5.75 Å². The van der Waals surface area contributed by atoms with Crippen LogP contribution in [0, 0.1) is 13.8 Å². The van der Waals surface area contributed by atoms with E-state index in [1.54, 1.807) is 24.3 Å². The lowest BCUT2D eigenvalue weighted by Crippen LogP contribution is -2.40. The number of carbonyl (C=O) groups is 1. The molecule has 0 aliphatic rings. The molecule has 5 nitrogen and oxygen atoms in total. The van der Waals surface area contributed by atoms with Crippen LogP contribution in [0.1, 0.15) is 49.4 Å². The van der Waals surface area contributed by atoms with E-state index in [1.807, 2.05) is 45.9 Å². The summed E-state index contributed by atoms with van der Waals surface area (Å²) in [6.07, 6.45) is 1.81. The van der Waals surface area contributed by atoms with E-state index in [-0.39, 0.29) is 16.8 Å². The second-order valence-electron chi connectivity index (χ2n) is 7.09. The van der Waals surface area contributed by atoms with Gasteiger partial charge in [-0.3, -0.25) is 4.79 Å². The van der Waals surface area contributed by atoms with Crippen molar-refractivity contribution >= 4 is 15.7 Å². The third kappa shape index (κ3) is 5.58. The predicted octanol–water partition coefficient (Wildman–Crippen LogP) is 4.13. The molecule has 0 bridgehead atoms. The topological polar surface area (TPSA) is 72.5 Å². The first kappa shape index (κ1) is 22.0. The van der Waals surface area contributed by atoms with Crippen molar-refractivity contribution < 1.29 is 17.9 Å². The van der Waals surface area contributed by atoms with Crippen LogP contribution in [0.25, 0.3) is 0 Å². The number of hydrogen-bond donors (Lipinski definition) is 1. The van der Waals surface area contributed by atoms with Gasteiger partial charge in [-0.25, -0.2) is 8.42 Å². The van der Waals surface area contributed by atoms with Crippen molar-refractivity contribution in [1.29, 1.82) is 0 Å². The molecule has 6 heteroatoms. The number of nitrogens with one attached hydrogen (secondary N) is 1. The average molecular weight is 404 g/mol. The van der Waals surface area contributed by atoms with Crippen molar-refractivity contribution in [2.45, 2.75) is 57.6 Å². The van der Waals surface area contributed by atoms with Gasteiger partial charge in [-0.1, -0.05) is 38.1 Å². The van der Waals surface area contributed by atoms with Gasteiger partial charge in [0.2, 0.25) is 0 Å². The normalized spacial score (nSPS) is 13.6. The second kappa shape index (κ2) is 9.24. The molecule has 2 aromatic carbocycles. The van der Waals surface area contributed by atoms with Gasteiger partial charge >= 0.3 is 0 Å². The van der Waals surface area contributed by atoms with Crippen LogP contribution in [0.15, 0.2) is 47.4 Å². The summed E-state index contributed by atoms with van der Waals surface area (Å²) in [6.45, 7) is 7.83. The fourth-order valence-electron chi connectivity index (χ4n) is 2.94. The molecule has 0 spiro atoms. The highest BCUT2D eigenvalue weighted by Gasteiger charge is 2.23. The Labute approximate surface area is 168 Å². The van der Waals surface area contributed by atoms with Gasteiger partial charge in [-0.15, -0.1) is 0 Å². The first-order valence-corrected chi connectivity index (χ1v) is 11.4. The standard InChI is InChI=1S/C22H29NO4S/c1-6-19(17-10-12-18(13-11-17)28(5,25)26)23-22(24)20(7-2)27-21-14-15(3)8-9-16(21)4/h8-14,19-20H,6-7H2,1-5H3,(H,23,24)/t19-,20+/m1/s1. The number of sulfone groups is 1. The summed E-state index contributed by atoms with van der Waals surface area (Å²) >= 11 is 0. The van der Waals surface area contributed by atoms with E-state index >= 15 is 0 Å². The summed E-state index contributed by atoms with van der Waals surface area (Å²) < 4.78 is 29.2. The van der Waals surface area contributed by atoms with E-state index in [0.29, 0.717) is 18.6 Å². The third-order valence-electron chi connectivity index (χ3n) is 4.71. The zero-order chi connectivity index (χ0) is 20.9. The maximum atomic E-state index is 12.8. The average Bonchev–Trinajstić information content (AvgIpc) is 2.66. The first-order chi connectivity index (χ1) is 13.2. The molecule has 1 amide bonds. The van der Waals surface area contributed by atoms with E-state index in [2.05, 4.69) is 5.32 Å². The highest BCUT2D eigenvalue weighted by atomic mass is 32.2. The molecule has 1 N–H and O–H groups in total. The monoisotopic (exact) mass is 403 g/mol. The van der Waals surface area contributed by atoms with E-state index in [0.717, 1.165) is 16.7 Å². The van der Waals surface area contributed by atoms with Crippen molar-refractivity contribution in [2.24, 2.45) is 0 Å². The highest BCUT2D eigenvalue weighted by molar-refractivity contribution is 7.90. The van der Waals surface area contributed by atoms with Gasteiger partial charge in [-0.2, -0.15) is 0 Å². The summed E-state index contributed by atoms with van der Waals surface area (Å²) in [7, 11) is -3.24. The summed E-state index contributed by atoms with van der Waals surface area (Å²) in [5.74, 6) is 0.537. The number of amides is 1. The van der Waals surface area contributed by atoms with Crippen LogP contribution in [0.4, 0.5) is 0 Å². The van der Waals surface area contributed by atoms with Crippen LogP contribution in [0.5, 0.6) is 5.75 Å². The molecule has 2 rings (SSSR count). The van der Waals surface area contributed by atoms with E-state index in [4.69, 9.17) is 4.74 Å². The zero-order valence-electron chi connectivity index (χ0n) is 17.2. The number of carbonyl (C=O) groups excluding carboxylic acids is 1. The molecule has 0 saturated carbocycles. The molecule has 0 heterocycles. The molecular formula is C22H29NO4S. The fourth-order valence-corrected chi connectivity index (χ4v) is 3.57. The Morgan fingerprint density at radius 1 is 1.04 bits per heavy atom. The second-order valence-corrected chi connectivity index (χ2v) is 9.11. The molecule has 0 saturated heterocycles. The molecule has 2 aromatic rings. The molecule has 0 aliphatic carbocycles. The smallest absolute Gasteiger partial charge is 0.261 e. The van der Waals surface area contributed by atoms with Crippen molar-refractivity contribution in [2.75, 3.05) is 6.26 Å². The minimum atomic E-state index is -3.24. The number of ether oxygens (including phenoxy) is 1. The van der Waals surface area contributed by atoms with Crippen molar-refractivity contribution in [3.05, 3.63) is 59.2 Å². The van der Waals surface area contributed by atoms with Crippen molar-refractivity contribution in [3.63, 3.8) is 0 Å². The maximum absolute atomic E-state index is 12.8. The van der Waals surface area contributed by atoms with Crippen LogP contribution in [0.3, 0.4) is 0 Å². The van der Waals surface area contributed by atoms with Gasteiger partial charge in [0.25, 0.3) is 5.91 Å². The molecule has 0 aromatic heterocycles. The Balaban J connectivity index is 2.14. The molecule has 2 atom stereocenters. The van der Waals surface area contributed by atoms with E-state index < -0.39 is 15.9 Å². The van der Waals surface area contributed by atoms with Crippen molar-refractivity contribution in [1.82, 2.24) is 5.32 Å². The number of benzene rings is 2. The predicted molar refractivity (Wildman–Crippen MR) is 111 cm³/mol. The Morgan fingerprint density at radius 2 is 1.68 bits per heavy atom. The third-order valence-corrected chi connectivity index (χ3v) is 5.84. The van der Waals surface area contributed by atoms with Gasteiger partial charge in [0.15, 0.2) is 15.9 Å². The Morgan fingerprint density at radius 3 is 2.21 bits per heavy atom. The van der Waals surface area contributed by atoms with Crippen LogP contribution in [-0.2, 0) is 14.6 Å². The minimum absolute atomic E-state index is 0.178. The lowest BCUT2D eigenvalue weighted by molar-refractivity contribution is -0.129. The number of rotatable bonds is 8. The lowest BCUT2D eigenvalue weighted by atomic mass is 10.0. The molecule has 152 valence electrons. The van der Waals surface area contributed by atoms with E-state index in [9.17, 15) is 13.2 Å². The highest BCUT2D eigenvalue weighted by Crippen LogP contribution is 2.23. The Hall–Kier alpha value is -2.34. The molecule has 0 fully saturated rings. The first-order valence-electron chi connectivity index (χ1n) is 9.50. The van der Waals surface area contributed by atoms with Gasteiger partial charge in [0.1, 0.15) is 5.75 Å². The quantitative estimate of drug-likeness (QED) is 0.719. The maximum Gasteiger partial charge on any atom is 0.261 e. The molecule has 0 unspecified atom stereocenters. The Bertz CT molecular complexity index is 920. The summed E-state index contributed by atoms with van der Waals surface area (Å²) in [4.78, 5) is 13.1.